The molecule has 0 aromatic carbocycles. The van der Waals surface area contributed by atoms with E-state index in [1.165, 1.54) is 19.3 Å². The molecule has 1 aromatic rings. The molecule has 7 nitrogen and oxygen atoms in total. The van der Waals surface area contributed by atoms with Crippen molar-refractivity contribution in [2.45, 2.75) is 51.6 Å². The first-order chi connectivity index (χ1) is 10.6. The summed E-state index contributed by atoms with van der Waals surface area (Å²) in [6.07, 6.45) is 3.61. The van der Waals surface area contributed by atoms with Crippen molar-refractivity contribution in [3.05, 3.63) is 11.8 Å². The minimum absolute atomic E-state index is 0.0275. The molecule has 0 bridgehead atoms. The summed E-state index contributed by atoms with van der Waals surface area (Å²) in [6, 6.07) is 0.202. The van der Waals surface area contributed by atoms with Gasteiger partial charge >= 0.3 is 6.03 Å². The predicted octanol–water partition coefficient (Wildman–Crippen LogP) is 1.57. The fraction of sp³-hybridized carbons (Fsp3) is 0.800. The fourth-order valence-electron chi connectivity index (χ4n) is 2.79. The lowest BCUT2D eigenvalue weighted by atomic mass is 9.85. The van der Waals surface area contributed by atoms with Gasteiger partial charge in [-0.2, -0.15) is 0 Å². The molecule has 0 atom stereocenters. The SMILES string of the molecule is CC(C)NC(=O)N1CCN(Cc2nnc(C3CCC3)o2)CC1. The highest BCUT2D eigenvalue weighted by molar-refractivity contribution is 5.74. The number of piperazine rings is 1. The molecule has 3 rings (SSSR count). The topological polar surface area (TPSA) is 74.5 Å². The zero-order chi connectivity index (χ0) is 15.5. The second kappa shape index (κ2) is 6.64. The van der Waals surface area contributed by atoms with Crippen molar-refractivity contribution in [1.29, 1.82) is 0 Å². The van der Waals surface area contributed by atoms with E-state index in [1.807, 2.05) is 18.7 Å². The summed E-state index contributed by atoms with van der Waals surface area (Å²) in [5.41, 5.74) is 0. The van der Waals surface area contributed by atoms with Gasteiger partial charge in [-0.15, -0.1) is 10.2 Å². The lowest BCUT2D eigenvalue weighted by Crippen LogP contribution is -2.52. The maximum absolute atomic E-state index is 11.9. The Hall–Kier alpha value is -1.63. The van der Waals surface area contributed by atoms with E-state index in [0.29, 0.717) is 18.4 Å². The molecule has 1 aliphatic carbocycles. The number of carbonyl (C=O) groups is 1. The summed E-state index contributed by atoms with van der Waals surface area (Å²) in [6.45, 7) is 7.79. The molecule has 1 aromatic heterocycles. The average Bonchev–Trinajstić information content (AvgIpc) is 2.85. The fourth-order valence-corrected chi connectivity index (χ4v) is 2.79. The quantitative estimate of drug-likeness (QED) is 0.914. The smallest absolute Gasteiger partial charge is 0.317 e. The van der Waals surface area contributed by atoms with Gasteiger partial charge in [-0.05, 0) is 26.7 Å². The van der Waals surface area contributed by atoms with Crippen molar-refractivity contribution in [2.75, 3.05) is 26.2 Å². The predicted molar refractivity (Wildman–Crippen MR) is 81.4 cm³/mol. The first kappa shape index (κ1) is 15.3. The van der Waals surface area contributed by atoms with E-state index in [4.69, 9.17) is 4.42 Å². The van der Waals surface area contributed by atoms with Gasteiger partial charge in [-0.1, -0.05) is 6.42 Å². The van der Waals surface area contributed by atoms with Crippen LogP contribution >= 0.6 is 0 Å². The molecule has 7 heteroatoms. The third-order valence-electron chi connectivity index (χ3n) is 4.37. The van der Waals surface area contributed by atoms with Crippen LogP contribution in [0, 0.1) is 0 Å². The molecule has 0 unspecified atom stereocenters. The van der Waals surface area contributed by atoms with Crippen molar-refractivity contribution >= 4 is 6.03 Å². The number of aromatic nitrogens is 2. The van der Waals surface area contributed by atoms with Gasteiger partial charge in [0.1, 0.15) is 0 Å². The summed E-state index contributed by atoms with van der Waals surface area (Å²) >= 11 is 0. The van der Waals surface area contributed by atoms with E-state index in [1.54, 1.807) is 0 Å². The van der Waals surface area contributed by atoms with E-state index < -0.39 is 0 Å². The van der Waals surface area contributed by atoms with Crippen LogP contribution in [-0.4, -0.2) is 58.2 Å². The van der Waals surface area contributed by atoms with Crippen LogP contribution in [0.3, 0.4) is 0 Å². The summed E-state index contributed by atoms with van der Waals surface area (Å²) in [5.74, 6) is 1.98. The number of hydrogen-bond donors (Lipinski definition) is 1. The van der Waals surface area contributed by atoms with Crippen LogP contribution in [0.5, 0.6) is 0 Å². The molecule has 1 saturated carbocycles. The van der Waals surface area contributed by atoms with Crippen LogP contribution in [0.25, 0.3) is 0 Å². The van der Waals surface area contributed by atoms with Gasteiger partial charge in [0.05, 0.1) is 6.54 Å². The molecule has 2 fully saturated rings. The van der Waals surface area contributed by atoms with E-state index in [-0.39, 0.29) is 12.1 Å². The van der Waals surface area contributed by atoms with Crippen molar-refractivity contribution in [3.8, 4) is 0 Å². The molecule has 1 saturated heterocycles. The Bertz CT molecular complexity index is 504. The maximum atomic E-state index is 11.9. The minimum Gasteiger partial charge on any atom is -0.424 e. The van der Waals surface area contributed by atoms with Gasteiger partial charge < -0.3 is 14.6 Å². The molecular weight excluding hydrogens is 282 g/mol. The number of urea groups is 1. The largest absolute Gasteiger partial charge is 0.424 e. The normalized spacial score (nSPS) is 20.2. The highest BCUT2D eigenvalue weighted by atomic mass is 16.4. The number of hydrogen-bond acceptors (Lipinski definition) is 5. The van der Waals surface area contributed by atoms with Gasteiger partial charge in [0.15, 0.2) is 0 Å². The lowest BCUT2D eigenvalue weighted by Gasteiger charge is -2.34. The number of carbonyl (C=O) groups excluding carboxylic acids is 1. The minimum atomic E-state index is 0.0275. The molecule has 1 N–H and O–H groups in total. The van der Waals surface area contributed by atoms with E-state index in [9.17, 15) is 4.79 Å². The molecule has 122 valence electrons. The standard InChI is InChI=1S/C15H25N5O2/c1-11(2)16-15(21)20-8-6-19(7-9-20)10-13-17-18-14(22-13)12-4-3-5-12/h11-12H,3-10H2,1-2H3,(H,16,21). The van der Waals surface area contributed by atoms with Gasteiger partial charge in [-0.25, -0.2) is 4.79 Å². The first-order valence-corrected chi connectivity index (χ1v) is 8.22. The number of rotatable bonds is 4. The average molecular weight is 307 g/mol. The summed E-state index contributed by atoms with van der Waals surface area (Å²) in [4.78, 5) is 16.1. The van der Waals surface area contributed by atoms with Crippen molar-refractivity contribution in [3.63, 3.8) is 0 Å². The van der Waals surface area contributed by atoms with Crippen molar-refractivity contribution in [1.82, 2.24) is 25.3 Å². The molecule has 0 radical (unpaired) electrons. The Morgan fingerprint density at radius 2 is 2.00 bits per heavy atom. The van der Waals surface area contributed by atoms with Crippen LogP contribution in [0.4, 0.5) is 4.79 Å². The Morgan fingerprint density at radius 1 is 1.27 bits per heavy atom. The Balaban J connectivity index is 1.45. The number of nitrogens with zero attached hydrogens (tertiary/aromatic N) is 4. The summed E-state index contributed by atoms with van der Waals surface area (Å²) in [5, 5.41) is 11.3. The number of nitrogens with one attached hydrogen (secondary N) is 1. The Kier molecular flexibility index (Phi) is 4.61. The third-order valence-corrected chi connectivity index (χ3v) is 4.37. The van der Waals surface area contributed by atoms with Crippen LogP contribution in [-0.2, 0) is 6.54 Å². The zero-order valence-electron chi connectivity index (χ0n) is 13.4. The number of amides is 2. The second-order valence-corrected chi connectivity index (χ2v) is 6.53. The Labute approximate surface area is 131 Å². The van der Waals surface area contributed by atoms with Gasteiger partial charge in [-0.3, -0.25) is 4.90 Å². The molecular formula is C15H25N5O2. The van der Waals surface area contributed by atoms with Crippen molar-refractivity contribution in [2.24, 2.45) is 0 Å². The molecule has 2 amide bonds. The molecule has 2 heterocycles. The van der Waals surface area contributed by atoms with E-state index >= 15 is 0 Å². The molecule has 22 heavy (non-hydrogen) atoms. The maximum Gasteiger partial charge on any atom is 0.317 e. The molecule has 0 spiro atoms. The van der Waals surface area contributed by atoms with E-state index in [0.717, 1.165) is 32.1 Å². The van der Waals surface area contributed by atoms with Crippen LogP contribution in [0.2, 0.25) is 0 Å². The molecule has 1 aliphatic heterocycles. The third kappa shape index (κ3) is 3.58. The van der Waals surface area contributed by atoms with Gasteiger partial charge in [0.2, 0.25) is 11.8 Å². The first-order valence-electron chi connectivity index (χ1n) is 8.22. The van der Waals surface area contributed by atoms with Crippen LogP contribution < -0.4 is 5.32 Å². The van der Waals surface area contributed by atoms with Gasteiger partial charge in [0.25, 0.3) is 0 Å². The Morgan fingerprint density at radius 3 is 2.59 bits per heavy atom. The van der Waals surface area contributed by atoms with Crippen LogP contribution in [0.1, 0.15) is 50.8 Å². The summed E-state index contributed by atoms with van der Waals surface area (Å²) in [7, 11) is 0. The summed E-state index contributed by atoms with van der Waals surface area (Å²) < 4.78 is 5.76. The zero-order valence-corrected chi connectivity index (χ0v) is 13.4. The monoisotopic (exact) mass is 307 g/mol. The molecule has 2 aliphatic rings. The van der Waals surface area contributed by atoms with Crippen LogP contribution in [0.15, 0.2) is 4.42 Å². The lowest BCUT2D eigenvalue weighted by molar-refractivity contribution is 0.127. The van der Waals surface area contributed by atoms with Crippen molar-refractivity contribution < 1.29 is 9.21 Å². The van der Waals surface area contributed by atoms with E-state index in [2.05, 4.69) is 20.4 Å². The highest BCUT2D eigenvalue weighted by Gasteiger charge is 2.26. The second-order valence-electron chi connectivity index (χ2n) is 6.53. The highest BCUT2D eigenvalue weighted by Crippen LogP contribution is 2.35. The van der Waals surface area contributed by atoms with Gasteiger partial charge in [0, 0.05) is 38.1 Å².